The zero-order chi connectivity index (χ0) is 63.3. The van der Waals surface area contributed by atoms with Gasteiger partial charge in [0.2, 0.25) is 0 Å². The Morgan fingerprint density at radius 2 is 0.774 bits per heavy atom. The van der Waals surface area contributed by atoms with Crippen LogP contribution in [0.15, 0.2) is 116 Å². The molecule has 29 heteroatoms. The average molecular weight is 1400 g/mol. The van der Waals surface area contributed by atoms with E-state index >= 15 is 0 Å². The Morgan fingerprint density at radius 1 is 0.441 bits per heavy atom. The maximum atomic E-state index is 10.2. The van der Waals surface area contributed by atoms with E-state index in [0.29, 0.717) is 46.2 Å². The Hall–Kier alpha value is -8.27. The molecule has 3 aliphatic carbocycles. The highest BCUT2D eigenvalue weighted by molar-refractivity contribution is 9.10. The van der Waals surface area contributed by atoms with Crippen LogP contribution in [-0.2, 0) is 9.59 Å². The van der Waals surface area contributed by atoms with E-state index in [4.69, 9.17) is 44.9 Å². The number of rotatable bonds is 10. The first-order valence-electron chi connectivity index (χ1n) is 28.9. The minimum Gasteiger partial charge on any atom is -0.382 e. The van der Waals surface area contributed by atoms with E-state index in [1.165, 1.54) is 71.0 Å². The number of fused-ring (bicyclic) bond motifs is 3. The zero-order valence-corrected chi connectivity index (χ0v) is 54.6. The molecule has 0 radical (unpaired) electrons. The maximum absolute atomic E-state index is 10.2. The van der Waals surface area contributed by atoms with Gasteiger partial charge >= 0.3 is 0 Å². The Kier molecular flexibility index (Phi) is 28.5. The smallest absolute Gasteiger partial charge is 0.157 e. The third-order valence-corrected chi connectivity index (χ3v) is 16.4. The van der Waals surface area contributed by atoms with Crippen LogP contribution >= 0.6 is 51.5 Å². The Balaban J connectivity index is 0.000000208. The first-order valence-corrected chi connectivity index (χ1v) is 30.5. The van der Waals surface area contributed by atoms with Crippen LogP contribution in [0.25, 0.3) is 34.4 Å². The van der Waals surface area contributed by atoms with Crippen LogP contribution in [0.2, 0.25) is 10.3 Å². The summed E-state index contributed by atoms with van der Waals surface area (Å²) in [6.45, 7) is 18.0. The van der Waals surface area contributed by atoms with Crippen LogP contribution in [-0.4, -0.2) is 135 Å². The molecule has 6 fully saturated rings. The van der Waals surface area contributed by atoms with Crippen molar-refractivity contribution in [3.8, 4) is 34.4 Å². The fraction of sp³-hybridized carbons (Fsp3) is 0.406. The number of hydrogen-bond acceptors (Lipinski definition) is 23. The molecule has 3 aliphatic heterocycles. The third kappa shape index (κ3) is 21.1. The van der Waals surface area contributed by atoms with Crippen molar-refractivity contribution in [2.24, 2.45) is 41.4 Å². The van der Waals surface area contributed by atoms with E-state index in [1.54, 1.807) is 37.2 Å². The number of carbonyl (C=O) groups is 2. The molecule has 9 aromatic rings. The number of nitrogen functional groups attached to an aromatic ring is 2. The molecule has 0 aromatic carbocycles. The van der Waals surface area contributed by atoms with Gasteiger partial charge in [-0.15, -0.1) is 12.4 Å². The number of piperidine rings is 3. The molecule has 6 aliphatic rings. The molecule has 6 unspecified atom stereocenters. The van der Waals surface area contributed by atoms with Gasteiger partial charge in [0, 0.05) is 74.9 Å². The molecule has 6 atom stereocenters. The van der Waals surface area contributed by atoms with Gasteiger partial charge in [0.15, 0.2) is 11.6 Å². The summed E-state index contributed by atoms with van der Waals surface area (Å²) in [7, 11) is 0. The van der Waals surface area contributed by atoms with Crippen LogP contribution in [0, 0.1) is 63.2 Å². The lowest BCUT2D eigenvalue weighted by molar-refractivity contribution is -0.122. The molecule has 3 saturated heterocycles. The number of nitrogens with zero attached hydrogens (tertiary/aromatic N) is 19. The fourth-order valence-electron chi connectivity index (χ4n) is 10.8. The van der Waals surface area contributed by atoms with Gasteiger partial charge in [-0.05, 0) is 137 Å². The van der Waals surface area contributed by atoms with Crippen molar-refractivity contribution in [3.63, 3.8) is 0 Å². The van der Waals surface area contributed by atoms with Gasteiger partial charge in [-0.1, -0.05) is 45.5 Å². The van der Waals surface area contributed by atoms with Gasteiger partial charge in [-0.25, -0.2) is 55.7 Å². The largest absolute Gasteiger partial charge is 0.382 e. The number of ketones is 2. The minimum atomic E-state index is 0. The number of aryl methyl sites for hydroxylation is 4. The molecule has 0 amide bonds. The predicted molar refractivity (Wildman–Crippen MR) is 372 cm³/mol. The summed E-state index contributed by atoms with van der Waals surface area (Å²) in [4.78, 5) is 86.8. The zero-order valence-electron chi connectivity index (χ0n) is 50.7. The SMILES string of the molecule is Brc1cnc(N2CC3CC3C2)cn1.C.C.C.CC(=O)CCC(C)=O.Cc1ccc(C)n1-c1cncc(-c2cnc(N3CC4CC4C3)cn2)n1.Cc1ccc(C)n1-c1cncc(Cl)n1.Cl.NO.Nc1cncc(-c2cnc(N3CC4CC4C3)cn2)n1.Nc1cncc(Cl)n1. The average Bonchev–Trinajstić information content (AvgIpc) is 1.66. The summed E-state index contributed by atoms with van der Waals surface area (Å²) >= 11 is 14.5. The van der Waals surface area contributed by atoms with E-state index in [-0.39, 0.29) is 46.3 Å². The van der Waals surface area contributed by atoms with Crippen LogP contribution in [0.1, 0.15) is 91.0 Å². The summed E-state index contributed by atoms with van der Waals surface area (Å²) < 4.78 is 4.91. The number of carbonyl (C=O) groups excluding carboxylic acids is 2. The summed E-state index contributed by atoms with van der Waals surface area (Å²) in [6.07, 6.45) is 28.6. The van der Waals surface area contributed by atoms with E-state index in [1.807, 2.05) is 55.3 Å². The maximum Gasteiger partial charge on any atom is 0.157 e. The second-order valence-electron chi connectivity index (χ2n) is 22.6. The number of nitrogens with two attached hydrogens (primary N) is 3. The molecule has 496 valence electrons. The van der Waals surface area contributed by atoms with Gasteiger partial charge in [0.1, 0.15) is 78.3 Å². The van der Waals surface area contributed by atoms with Crippen molar-refractivity contribution in [1.82, 2.24) is 78.9 Å². The summed E-state index contributed by atoms with van der Waals surface area (Å²) in [6, 6.07) is 8.24. The lowest BCUT2D eigenvalue weighted by Gasteiger charge is -2.18. The first kappa shape index (κ1) is 75.4. The monoisotopic (exact) mass is 1390 g/mol. The van der Waals surface area contributed by atoms with E-state index in [2.05, 4.69) is 132 Å². The van der Waals surface area contributed by atoms with Crippen LogP contribution in [0.5, 0.6) is 0 Å². The van der Waals surface area contributed by atoms with Crippen LogP contribution < -0.4 is 32.1 Å². The van der Waals surface area contributed by atoms with Crippen molar-refractivity contribution < 1.29 is 14.8 Å². The van der Waals surface area contributed by atoms with Crippen molar-refractivity contribution in [2.75, 3.05) is 65.4 Å². The molecule has 9 aromatic heterocycles. The van der Waals surface area contributed by atoms with Gasteiger partial charge in [0.05, 0.1) is 86.8 Å². The summed E-state index contributed by atoms with van der Waals surface area (Å²) in [5.74, 6) is 14.4. The highest BCUT2D eigenvalue weighted by Gasteiger charge is 2.47. The molecule has 25 nitrogen and oxygen atoms in total. The number of halogens is 4. The molecule has 0 spiro atoms. The Morgan fingerprint density at radius 3 is 1.10 bits per heavy atom. The standard InChI is InChI=1S/C19H20N6.C13H14N6.C10H10ClN3.C9H10BrN3.C6H10O2.C4H4ClN3.3CH4.ClH.H3NO/c1-12-3-4-13(2)25(12)19-8-20-6-17(23-19)16-7-22-18(9-21-16)24-10-14-5-15(14)11-24;14-12-4-15-2-11(18-12)10-3-17-13(5-16-10)19-6-8-1-9(8)7-19;1-7-3-4-8(2)14(7)10-6-12-5-9(11)13-10;10-8-2-12-9(3-11-8)13-4-6-1-7(6)5-13;1-5(7)3-4-6(2)8;5-3-1-7-2-4(6)8-3;;;;;1-2/h3-4,6-9,14-15H,5,10-11H2,1-2H3;2-5,8-9H,1,6-7H2,(H2,14,18);3-6H,1-2H3;2-3,6-7H,1,4-5H2;3-4H2,1-2H3;1-2H,(H2,6,8);3*1H4;1H;2H,1H2. The van der Waals surface area contributed by atoms with Crippen molar-refractivity contribution in [3.05, 3.63) is 149 Å². The molecule has 0 bridgehead atoms. The second kappa shape index (κ2) is 35.1. The molecular formula is C64H84BrCl3N22O3. The second-order valence-corrected chi connectivity index (χ2v) is 24.2. The van der Waals surface area contributed by atoms with Gasteiger partial charge in [-0.2, -0.15) is 0 Å². The fourth-order valence-corrected chi connectivity index (χ4v) is 11.3. The molecular weight excluding hydrogens is 1310 g/mol. The molecule has 7 N–H and O–H groups in total. The Labute approximate surface area is 568 Å². The number of aromatic nitrogens is 16. The summed E-state index contributed by atoms with van der Waals surface area (Å²) in [5.41, 5.74) is 18.2. The number of anilines is 5. The van der Waals surface area contributed by atoms with E-state index < -0.39 is 0 Å². The molecule has 3 saturated carbocycles. The van der Waals surface area contributed by atoms with Gasteiger partial charge < -0.3 is 50.1 Å². The molecule has 15 rings (SSSR count). The number of Topliss-reactive ketones (excluding diaryl/α,β-unsaturated/α-hetero) is 2. The number of hydrogen-bond donors (Lipinski definition) is 4. The predicted octanol–water partition coefficient (Wildman–Crippen LogP) is 11.3. The van der Waals surface area contributed by atoms with Crippen LogP contribution in [0.3, 0.4) is 0 Å². The lowest BCUT2D eigenvalue weighted by atomic mass is 10.2. The van der Waals surface area contributed by atoms with Crippen LogP contribution in [0.4, 0.5) is 29.1 Å². The third-order valence-electron chi connectivity index (χ3n) is 15.6. The lowest BCUT2D eigenvalue weighted by Crippen LogP contribution is -2.22. The highest BCUT2D eigenvalue weighted by atomic mass is 79.9. The first-order chi connectivity index (χ1) is 42.9. The van der Waals surface area contributed by atoms with Crippen molar-refractivity contribution in [2.45, 2.75) is 95.9 Å². The topological polar surface area (TPSA) is 332 Å². The van der Waals surface area contributed by atoms with Gasteiger partial charge in [-0.3, -0.25) is 19.9 Å². The van der Waals surface area contributed by atoms with E-state index in [0.717, 1.165) is 130 Å². The highest BCUT2D eigenvalue weighted by Crippen LogP contribution is 2.47. The minimum absolute atomic E-state index is 0. The quantitative estimate of drug-likeness (QED) is 0.0924. The van der Waals surface area contributed by atoms with Gasteiger partial charge in [0.25, 0.3) is 0 Å². The summed E-state index contributed by atoms with van der Waals surface area (Å²) in [5, 5.41) is 7.24. The van der Waals surface area contributed by atoms with E-state index in [9.17, 15) is 9.59 Å². The normalized spacial score (nSPS) is 18.2. The Bertz CT molecular complexity index is 3730. The molecule has 12 heterocycles. The van der Waals surface area contributed by atoms with Crippen molar-refractivity contribution >= 4 is 92.2 Å². The van der Waals surface area contributed by atoms with Crippen molar-refractivity contribution in [1.29, 1.82) is 0 Å². The molecule has 93 heavy (non-hydrogen) atoms.